The van der Waals surface area contributed by atoms with E-state index >= 15 is 0 Å². The lowest BCUT2D eigenvalue weighted by Crippen LogP contribution is -2.21. The maximum atomic E-state index is 12.1. The van der Waals surface area contributed by atoms with Gasteiger partial charge in [0.25, 0.3) is 0 Å². The fraction of sp³-hybridized carbons (Fsp3) is 0.208. The van der Waals surface area contributed by atoms with Gasteiger partial charge < -0.3 is 15.4 Å². The van der Waals surface area contributed by atoms with Crippen LogP contribution in [0.2, 0.25) is 0 Å². The van der Waals surface area contributed by atoms with Crippen LogP contribution >= 0.6 is 0 Å². The quantitative estimate of drug-likeness (QED) is 0.534. The average Bonchev–Trinajstić information content (AvgIpc) is 2.73. The third-order valence-electron chi connectivity index (χ3n) is 4.49. The molecule has 3 aromatic rings. The standard InChI is InChI=1S/C24H26N2O2/c1-19-7-5-6-10-21(19)17-25-16-15-24(27)26-22-11-13-23(14-12-22)28-18-20-8-3-2-4-9-20/h2-14,25H,15-18H2,1H3,(H,26,27). The van der Waals surface area contributed by atoms with Crippen LogP contribution in [0, 0.1) is 6.92 Å². The number of hydrogen-bond donors (Lipinski definition) is 2. The van der Waals surface area contributed by atoms with Crippen molar-refractivity contribution in [1.29, 1.82) is 0 Å². The zero-order chi connectivity index (χ0) is 19.6. The predicted molar refractivity (Wildman–Crippen MR) is 113 cm³/mol. The van der Waals surface area contributed by atoms with Gasteiger partial charge in [-0.2, -0.15) is 0 Å². The summed E-state index contributed by atoms with van der Waals surface area (Å²) in [6.07, 6.45) is 0.429. The van der Waals surface area contributed by atoms with Crippen molar-refractivity contribution in [3.8, 4) is 5.75 Å². The lowest BCUT2D eigenvalue weighted by Gasteiger charge is -2.09. The zero-order valence-corrected chi connectivity index (χ0v) is 16.2. The number of amides is 1. The van der Waals surface area contributed by atoms with Gasteiger partial charge in [0.15, 0.2) is 0 Å². The Hall–Kier alpha value is -3.11. The van der Waals surface area contributed by atoms with Crippen LogP contribution in [0.3, 0.4) is 0 Å². The lowest BCUT2D eigenvalue weighted by molar-refractivity contribution is -0.116. The molecule has 0 aliphatic rings. The number of benzene rings is 3. The van der Waals surface area contributed by atoms with Crippen LogP contribution < -0.4 is 15.4 Å². The lowest BCUT2D eigenvalue weighted by atomic mass is 10.1. The molecule has 0 bridgehead atoms. The van der Waals surface area contributed by atoms with Gasteiger partial charge in [-0.25, -0.2) is 0 Å². The molecule has 3 rings (SSSR count). The molecular weight excluding hydrogens is 348 g/mol. The van der Waals surface area contributed by atoms with Gasteiger partial charge in [0.2, 0.25) is 5.91 Å². The molecule has 1 amide bonds. The first kappa shape index (κ1) is 19.6. The van der Waals surface area contributed by atoms with Crippen molar-refractivity contribution < 1.29 is 9.53 Å². The normalized spacial score (nSPS) is 10.5. The number of carbonyl (C=O) groups is 1. The van der Waals surface area contributed by atoms with E-state index in [1.54, 1.807) is 0 Å². The smallest absolute Gasteiger partial charge is 0.225 e. The third-order valence-corrected chi connectivity index (χ3v) is 4.49. The van der Waals surface area contributed by atoms with Crippen molar-refractivity contribution >= 4 is 11.6 Å². The van der Waals surface area contributed by atoms with E-state index in [4.69, 9.17) is 4.74 Å². The highest BCUT2D eigenvalue weighted by Crippen LogP contribution is 2.17. The molecule has 0 saturated heterocycles. The Morgan fingerprint density at radius 3 is 2.36 bits per heavy atom. The van der Waals surface area contributed by atoms with Crippen molar-refractivity contribution in [2.45, 2.75) is 26.5 Å². The Kier molecular flexibility index (Phi) is 7.21. The summed E-state index contributed by atoms with van der Waals surface area (Å²) in [4.78, 5) is 12.1. The van der Waals surface area contributed by atoms with Crippen molar-refractivity contribution in [2.75, 3.05) is 11.9 Å². The maximum absolute atomic E-state index is 12.1. The van der Waals surface area contributed by atoms with E-state index in [2.05, 4.69) is 29.7 Å². The van der Waals surface area contributed by atoms with Gasteiger partial charge in [-0.05, 0) is 47.9 Å². The van der Waals surface area contributed by atoms with E-state index in [0.29, 0.717) is 19.6 Å². The molecule has 0 heterocycles. The van der Waals surface area contributed by atoms with Crippen LogP contribution in [-0.4, -0.2) is 12.5 Å². The highest BCUT2D eigenvalue weighted by molar-refractivity contribution is 5.90. The van der Waals surface area contributed by atoms with Crippen LogP contribution in [0.25, 0.3) is 0 Å². The molecule has 3 aromatic carbocycles. The number of aryl methyl sites for hydroxylation is 1. The first-order chi connectivity index (χ1) is 13.7. The molecule has 4 heteroatoms. The summed E-state index contributed by atoms with van der Waals surface area (Å²) in [5.74, 6) is 0.775. The Bertz CT molecular complexity index is 877. The third kappa shape index (κ3) is 6.25. The Balaban J connectivity index is 1.37. The summed E-state index contributed by atoms with van der Waals surface area (Å²) in [6.45, 7) is 4.03. The number of carbonyl (C=O) groups excluding carboxylic acids is 1. The van der Waals surface area contributed by atoms with Crippen LogP contribution in [-0.2, 0) is 17.9 Å². The molecule has 0 saturated carbocycles. The summed E-state index contributed by atoms with van der Waals surface area (Å²) in [7, 11) is 0. The molecule has 0 aliphatic heterocycles. The van der Waals surface area contributed by atoms with E-state index in [9.17, 15) is 4.79 Å². The van der Waals surface area contributed by atoms with Crippen molar-refractivity contribution in [3.05, 3.63) is 95.6 Å². The molecule has 144 valence electrons. The van der Waals surface area contributed by atoms with E-state index in [-0.39, 0.29) is 5.91 Å². The maximum Gasteiger partial charge on any atom is 0.225 e. The molecule has 0 unspecified atom stereocenters. The van der Waals surface area contributed by atoms with Gasteiger partial charge >= 0.3 is 0 Å². The van der Waals surface area contributed by atoms with Gasteiger partial charge in [-0.3, -0.25) is 4.79 Å². The Morgan fingerprint density at radius 2 is 1.61 bits per heavy atom. The van der Waals surface area contributed by atoms with Crippen LogP contribution in [0.4, 0.5) is 5.69 Å². The number of nitrogens with one attached hydrogen (secondary N) is 2. The van der Waals surface area contributed by atoms with Crippen LogP contribution in [0.1, 0.15) is 23.1 Å². The van der Waals surface area contributed by atoms with Crippen molar-refractivity contribution in [3.63, 3.8) is 0 Å². The second kappa shape index (κ2) is 10.3. The van der Waals surface area contributed by atoms with Crippen LogP contribution in [0.15, 0.2) is 78.9 Å². The molecule has 0 aromatic heterocycles. The molecule has 4 nitrogen and oxygen atoms in total. The summed E-state index contributed by atoms with van der Waals surface area (Å²) < 4.78 is 5.76. The minimum atomic E-state index is -0.00441. The molecule has 28 heavy (non-hydrogen) atoms. The minimum Gasteiger partial charge on any atom is -0.489 e. The highest BCUT2D eigenvalue weighted by atomic mass is 16.5. The van der Waals surface area contributed by atoms with Crippen molar-refractivity contribution in [2.24, 2.45) is 0 Å². The SMILES string of the molecule is Cc1ccccc1CNCCC(=O)Nc1ccc(OCc2ccccc2)cc1. The fourth-order valence-electron chi connectivity index (χ4n) is 2.83. The Labute approximate surface area is 166 Å². The van der Waals surface area contributed by atoms with Gasteiger partial charge in [-0.15, -0.1) is 0 Å². The predicted octanol–water partition coefficient (Wildman–Crippen LogP) is 4.69. The first-order valence-corrected chi connectivity index (χ1v) is 9.52. The molecule has 0 fully saturated rings. The average molecular weight is 374 g/mol. The van der Waals surface area contributed by atoms with Crippen molar-refractivity contribution in [1.82, 2.24) is 5.32 Å². The first-order valence-electron chi connectivity index (χ1n) is 9.52. The van der Waals surface area contributed by atoms with Gasteiger partial charge in [0, 0.05) is 25.2 Å². The summed E-state index contributed by atoms with van der Waals surface area (Å²) in [6, 6.07) is 25.7. The fourth-order valence-corrected chi connectivity index (χ4v) is 2.83. The largest absolute Gasteiger partial charge is 0.489 e. The number of rotatable bonds is 9. The minimum absolute atomic E-state index is 0.00441. The summed E-state index contributed by atoms with van der Waals surface area (Å²) in [5, 5.41) is 6.24. The second-order valence-electron chi connectivity index (χ2n) is 6.70. The second-order valence-corrected chi connectivity index (χ2v) is 6.70. The van der Waals surface area contributed by atoms with E-state index < -0.39 is 0 Å². The summed E-state index contributed by atoms with van der Waals surface area (Å²) >= 11 is 0. The number of hydrogen-bond acceptors (Lipinski definition) is 3. The van der Waals surface area contributed by atoms with Crippen LogP contribution in [0.5, 0.6) is 5.75 Å². The molecule has 0 spiro atoms. The number of ether oxygens (including phenoxy) is 1. The van der Waals surface area contributed by atoms with Gasteiger partial charge in [0.05, 0.1) is 0 Å². The number of anilines is 1. The van der Waals surface area contributed by atoms with Gasteiger partial charge in [0.1, 0.15) is 12.4 Å². The topological polar surface area (TPSA) is 50.4 Å². The van der Waals surface area contributed by atoms with E-state index in [1.807, 2.05) is 66.7 Å². The molecule has 0 atom stereocenters. The van der Waals surface area contributed by atoms with E-state index in [0.717, 1.165) is 23.5 Å². The molecule has 0 aliphatic carbocycles. The zero-order valence-electron chi connectivity index (χ0n) is 16.2. The Morgan fingerprint density at radius 1 is 0.893 bits per heavy atom. The van der Waals surface area contributed by atoms with Gasteiger partial charge in [-0.1, -0.05) is 54.6 Å². The monoisotopic (exact) mass is 374 g/mol. The highest BCUT2D eigenvalue weighted by Gasteiger charge is 2.03. The van der Waals surface area contributed by atoms with E-state index in [1.165, 1.54) is 11.1 Å². The molecule has 0 radical (unpaired) electrons. The summed E-state index contributed by atoms with van der Waals surface area (Å²) in [5.41, 5.74) is 4.41. The molecular formula is C24H26N2O2. The molecule has 2 N–H and O–H groups in total.